The third-order valence-corrected chi connectivity index (χ3v) is 4.32. The van der Waals surface area contributed by atoms with Crippen LogP contribution in [0.2, 0.25) is 10.0 Å². The van der Waals surface area contributed by atoms with Crippen LogP contribution in [-0.2, 0) is 0 Å². The molecule has 0 aliphatic carbocycles. The van der Waals surface area contributed by atoms with Crippen LogP contribution in [0.4, 0.5) is 4.39 Å². The maximum absolute atomic E-state index is 13.5. The molecular formula is C19H15Cl2FN2O2. The highest BCUT2D eigenvalue weighted by atomic mass is 35.5. The van der Waals surface area contributed by atoms with Crippen molar-refractivity contribution in [3.63, 3.8) is 0 Å². The molecule has 0 bridgehead atoms. The number of hydrogen-bond donors (Lipinski definition) is 1. The molecule has 0 aliphatic rings. The molecule has 0 radical (unpaired) electrons. The van der Waals surface area contributed by atoms with Crippen molar-refractivity contribution >= 4 is 40.0 Å². The van der Waals surface area contributed by atoms with E-state index in [1.54, 1.807) is 6.20 Å². The number of fused-ring (bicyclic) bond motifs is 1. The zero-order valence-corrected chi connectivity index (χ0v) is 15.1. The summed E-state index contributed by atoms with van der Waals surface area (Å²) in [4.78, 5) is 16.4. The number of benzene rings is 2. The van der Waals surface area contributed by atoms with Gasteiger partial charge in [0.2, 0.25) is 0 Å². The van der Waals surface area contributed by atoms with Crippen molar-refractivity contribution in [3.05, 3.63) is 70.1 Å². The standard InChI is InChI=1S/C19H15Cl2FN2O2/c20-14-11-15(21)16(22)10-13(14)19(25)24-8-3-9-26-17-6-1-4-12-5-2-7-23-18(12)17/h1-2,4-7,10-11H,3,8-9H2,(H,24,25). The summed E-state index contributed by atoms with van der Waals surface area (Å²) in [6, 6.07) is 11.8. The molecule has 1 aromatic heterocycles. The van der Waals surface area contributed by atoms with E-state index in [0.29, 0.717) is 25.3 Å². The lowest BCUT2D eigenvalue weighted by molar-refractivity contribution is 0.0951. The first-order chi connectivity index (χ1) is 12.6. The summed E-state index contributed by atoms with van der Waals surface area (Å²) in [6.45, 7) is 0.760. The summed E-state index contributed by atoms with van der Waals surface area (Å²) in [6.07, 6.45) is 2.28. The van der Waals surface area contributed by atoms with Crippen molar-refractivity contribution in [2.24, 2.45) is 0 Å². The van der Waals surface area contributed by atoms with Gasteiger partial charge in [-0.2, -0.15) is 0 Å². The molecule has 0 atom stereocenters. The molecule has 0 saturated heterocycles. The molecule has 0 unspecified atom stereocenters. The second kappa shape index (κ2) is 8.34. The van der Waals surface area contributed by atoms with E-state index in [1.807, 2.05) is 30.3 Å². The molecular weight excluding hydrogens is 378 g/mol. The Kier molecular flexibility index (Phi) is 5.91. The normalized spacial score (nSPS) is 10.7. The van der Waals surface area contributed by atoms with Crippen LogP contribution >= 0.6 is 23.2 Å². The van der Waals surface area contributed by atoms with Crippen molar-refractivity contribution in [3.8, 4) is 5.75 Å². The number of aromatic nitrogens is 1. The summed E-state index contributed by atoms with van der Waals surface area (Å²) in [7, 11) is 0. The van der Waals surface area contributed by atoms with Gasteiger partial charge in [0.1, 0.15) is 17.1 Å². The molecule has 0 spiro atoms. The van der Waals surface area contributed by atoms with E-state index in [-0.39, 0.29) is 15.6 Å². The van der Waals surface area contributed by atoms with Crippen LogP contribution in [0, 0.1) is 5.82 Å². The molecule has 7 heteroatoms. The van der Waals surface area contributed by atoms with Crippen molar-refractivity contribution < 1.29 is 13.9 Å². The van der Waals surface area contributed by atoms with Gasteiger partial charge in [-0.25, -0.2) is 4.39 Å². The van der Waals surface area contributed by atoms with Gasteiger partial charge in [-0.15, -0.1) is 0 Å². The fourth-order valence-electron chi connectivity index (χ4n) is 2.44. The number of nitrogens with zero attached hydrogens (tertiary/aromatic N) is 1. The average Bonchev–Trinajstić information content (AvgIpc) is 2.64. The monoisotopic (exact) mass is 392 g/mol. The Morgan fingerprint density at radius 3 is 2.81 bits per heavy atom. The van der Waals surface area contributed by atoms with E-state index < -0.39 is 11.7 Å². The zero-order chi connectivity index (χ0) is 18.5. The number of ether oxygens (including phenoxy) is 1. The summed E-state index contributed by atoms with van der Waals surface area (Å²) in [5, 5.41) is 3.66. The highest BCUT2D eigenvalue weighted by Gasteiger charge is 2.13. The van der Waals surface area contributed by atoms with E-state index in [0.717, 1.165) is 17.0 Å². The largest absolute Gasteiger partial charge is 0.491 e. The van der Waals surface area contributed by atoms with Crippen molar-refractivity contribution in [2.45, 2.75) is 6.42 Å². The molecule has 1 N–H and O–H groups in total. The van der Waals surface area contributed by atoms with E-state index >= 15 is 0 Å². The molecule has 3 aromatic rings. The van der Waals surface area contributed by atoms with Crippen LogP contribution in [0.25, 0.3) is 10.9 Å². The molecule has 4 nitrogen and oxygen atoms in total. The summed E-state index contributed by atoms with van der Waals surface area (Å²) < 4.78 is 19.2. The van der Waals surface area contributed by atoms with Gasteiger partial charge in [-0.3, -0.25) is 9.78 Å². The fourth-order valence-corrected chi connectivity index (χ4v) is 2.91. The predicted molar refractivity (Wildman–Crippen MR) is 101 cm³/mol. The summed E-state index contributed by atoms with van der Waals surface area (Å²) in [5.41, 5.74) is 0.843. The maximum atomic E-state index is 13.5. The lowest BCUT2D eigenvalue weighted by Gasteiger charge is -2.10. The Morgan fingerprint density at radius 1 is 1.15 bits per heavy atom. The zero-order valence-electron chi connectivity index (χ0n) is 13.6. The smallest absolute Gasteiger partial charge is 0.252 e. The SMILES string of the molecule is O=C(NCCCOc1cccc2cccnc12)c1cc(F)c(Cl)cc1Cl. The Balaban J connectivity index is 1.51. The van der Waals surface area contributed by atoms with E-state index in [9.17, 15) is 9.18 Å². The van der Waals surface area contributed by atoms with Gasteiger partial charge in [0.25, 0.3) is 5.91 Å². The number of halogens is 3. The molecule has 1 heterocycles. The molecule has 3 rings (SSSR count). The minimum atomic E-state index is -0.687. The fraction of sp³-hybridized carbons (Fsp3) is 0.158. The van der Waals surface area contributed by atoms with Gasteiger partial charge in [0.15, 0.2) is 0 Å². The predicted octanol–water partition coefficient (Wildman–Crippen LogP) is 4.88. The Bertz CT molecular complexity index is 945. The number of hydrogen-bond acceptors (Lipinski definition) is 3. The number of rotatable bonds is 6. The molecule has 0 saturated carbocycles. The first-order valence-electron chi connectivity index (χ1n) is 7.95. The van der Waals surface area contributed by atoms with E-state index in [1.165, 1.54) is 6.07 Å². The molecule has 1 amide bonds. The molecule has 2 aromatic carbocycles. The topological polar surface area (TPSA) is 51.2 Å². The first kappa shape index (κ1) is 18.4. The van der Waals surface area contributed by atoms with E-state index in [2.05, 4.69) is 10.3 Å². The van der Waals surface area contributed by atoms with Crippen molar-refractivity contribution in [1.82, 2.24) is 10.3 Å². The van der Waals surface area contributed by atoms with Crippen molar-refractivity contribution in [2.75, 3.05) is 13.2 Å². The Morgan fingerprint density at radius 2 is 1.96 bits per heavy atom. The molecule has 0 aliphatic heterocycles. The second-order valence-electron chi connectivity index (χ2n) is 5.54. The highest BCUT2D eigenvalue weighted by Crippen LogP contribution is 2.24. The van der Waals surface area contributed by atoms with Gasteiger partial charge in [0.05, 0.1) is 22.2 Å². The lowest BCUT2D eigenvalue weighted by Crippen LogP contribution is -2.26. The van der Waals surface area contributed by atoms with Crippen LogP contribution in [0.1, 0.15) is 16.8 Å². The molecule has 134 valence electrons. The van der Waals surface area contributed by atoms with Crippen molar-refractivity contribution in [1.29, 1.82) is 0 Å². The second-order valence-corrected chi connectivity index (χ2v) is 6.35. The minimum Gasteiger partial charge on any atom is -0.491 e. The third kappa shape index (κ3) is 4.23. The number of para-hydroxylation sites is 1. The van der Waals surface area contributed by atoms with Crippen LogP contribution < -0.4 is 10.1 Å². The number of carbonyl (C=O) groups excluding carboxylic acids is 1. The van der Waals surface area contributed by atoms with Gasteiger partial charge in [-0.05, 0) is 30.7 Å². The Labute approximate surface area is 159 Å². The van der Waals surface area contributed by atoms with Gasteiger partial charge < -0.3 is 10.1 Å². The van der Waals surface area contributed by atoms with Crippen LogP contribution in [0.5, 0.6) is 5.75 Å². The van der Waals surface area contributed by atoms with E-state index in [4.69, 9.17) is 27.9 Å². The number of nitrogens with one attached hydrogen (secondary N) is 1. The van der Waals surface area contributed by atoms with Crippen LogP contribution in [-0.4, -0.2) is 24.0 Å². The van der Waals surface area contributed by atoms with Gasteiger partial charge >= 0.3 is 0 Å². The third-order valence-electron chi connectivity index (χ3n) is 3.71. The maximum Gasteiger partial charge on any atom is 0.252 e. The minimum absolute atomic E-state index is 0.0488. The highest BCUT2D eigenvalue weighted by molar-refractivity contribution is 6.36. The number of pyridine rings is 1. The number of carbonyl (C=O) groups is 1. The summed E-state index contributed by atoms with van der Waals surface area (Å²) in [5.74, 6) is -0.456. The lowest BCUT2D eigenvalue weighted by atomic mass is 10.2. The number of amides is 1. The molecule has 0 fully saturated rings. The average molecular weight is 393 g/mol. The first-order valence-corrected chi connectivity index (χ1v) is 8.71. The van der Waals surface area contributed by atoms with Crippen LogP contribution in [0.3, 0.4) is 0 Å². The van der Waals surface area contributed by atoms with Crippen LogP contribution in [0.15, 0.2) is 48.7 Å². The Hall–Kier alpha value is -2.37. The molecule has 26 heavy (non-hydrogen) atoms. The van der Waals surface area contributed by atoms with Gasteiger partial charge in [-0.1, -0.05) is 41.4 Å². The van der Waals surface area contributed by atoms with Gasteiger partial charge in [0, 0.05) is 18.1 Å². The quantitative estimate of drug-likeness (QED) is 0.480. The summed E-state index contributed by atoms with van der Waals surface area (Å²) >= 11 is 11.6.